The Hall–Kier alpha value is 0.447. The van der Waals surface area contributed by atoms with E-state index in [0.29, 0.717) is 9.95 Å². The predicted molar refractivity (Wildman–Crippen MR) is 49.2 cm³/mol. The number of hydrogen-bond acceptors (Lipinski definition) is 2. The van der Waals surface area contributed by atoms with Crippen molar-refractivity contribution in [2.75, 3.05) is 5.75 Å². The lowest BCUT2D eigenvalue weighted by molar-refractivity contribution is 0.467. The van der Waals surface area contributed by atoms with Gasteiger partial charge in [0.1, 0.15) is 0 Å². The van der Waals surface area contributed by atoms with Gasteiger partial charge in [0.2, 0.25) is 0 Å². The van der Waals surface area contributed by atoms with Crippen LogP contribution in [0.5, 0.6) is 0 Å². The van der Waals surface area contributed by atoms with Crippen LogP contribution >= 0.6 is 24.0 Å². The van der Waals surface area contributed by atoms with Gasteiger partial charge >= 0.3 is 9.08 Å². The van der Waals surface area contributed by atoms with Crippen LogP contribution in [-0.2, 0) is 0 Å². The summed E-state index contributed by atoms with van der Waals surface area (Å²) in [5, 5.41) is 0. The van der Waals surface area contributed by atoms with E-state index in [-0.39, 0.29) is 6.42 Å². The van der Waals surface area contributed by atoms with Crippen molar-refractivity contribution in [3.05, 3.63) is 0 Å². The Bertz CT molecular complexity index is 134. The first kappa shape index (κ1) is 11.4. The number of halogens is 3. The molecule has 0 fully saturated rings. The van der Waals surface area contributed by atoms with Gasteiger partial charge in [0.05, 0.1) is 0 Å². The summed E-state index contributed by atoms with van der Waals surface area (Å²) in [7, 11) is -5.29. The molecule has 0 aromatic rings. The Labute approximate surface area is 75.1 Å². The van der Waals surface area contributed by atoms with Crippen molar-refractivity contribution in [1.82, 2.24) is 0 Å². The van der Waals surface area contributed by atoms with Crippen molar-refractivity contribution in [1.29, 1.82) is 0 Å². The quantitative estimate of drug-likeness (QED) is 0.307. The molecule has 11 heavy (non-hydrogen) atoms. The molecule has 0 nitrogen and oxygen atoms in total. The Kier molecular flexibility index (Phi) is 5.37. The topological polar surface area (TPSA) is 0 Å². The number of hydrogen-bond donors (Lipinski definition) is 0. The van der Waals surface area contributed by atoms with Gasteiger partial charge in [0, 0.05) is 10.2 Å². The molecule has 0 atom stereocenters. The molecular formula is C5H9F3S2Si. The summed E-state index contributed by atoms with van der Waals surface area (Å²) in [4.78, 5) is 0. The Morgan fingerprint density at radius 3 is 2.36 bits per heavy atom. The summed E-state index contributed by atoms with van der Waals surface area (Å²) < 4.78 is 35.7. The predicted octanol–water partition coefficient (Wildman–Crippen LogP) is 3.30. The average molecular weight is 218 g/mol. The lowest BCUT2D eigenvalue weighted by Gasteiger charge is -2.00. The molecule has 0 aliphatic rings. The summed E-state index contributed by atoms with van der Waals surface area (Å²) in [6.07, 6.45) is 0.217. The summed E-state index contributed by atoms with van der Waals surface area (Å²) >= 11 is 6.02. The molecule has 0 saturated heterocycles. The summed E-state index contributed by atoms with van der Waals surface area (Å²) in [5.41, 5.74) is 0. The zero-order valence-corrected chi connectivity index (χ0v) is 8.70. The maximum atomic E-state index is 11.7. The number of thioether (sulfide) groups is 1. The first-order valence-corrected chi connectivity index (χ1v) is 6.35. The van der Waals surface area contributed by atoms with Crippen molar-refractivity contribution in [3.63, 3.8) is 0 Å². The highest BCUT2D eigenvalue weighted by atomic mass is 32.2. The zero-order chi connectivity index (χ0) is 8.91. The minimum Gasteiger partial charge on any atom is -0.238 e. The molecule has 0 bridgehead atoms. The summed E-state index contributed by atoms with van der Waals surface area (Å²) in [6.45, 7) is 1.73. The molecule has 0 spiro atoms. The van der Waals surface area contributed by atoms with Gasteiger partial charge in [-0.05, 0) is 19.1 Å². The molecule has 66 valence electrons. The van der Waals surface area contributed by atoms with Crippen LogP contribution in [0.15, 0.2) is 0 Å². The number of thiocarbonyl (C=S) groups is 1. The smallest absolute Gasteiger partial charge is 0.238 e. The molecule has 6 heteroatoms. The third-order valence-corrected chi connectivity index (χ3v) is 3.08. The van der Waals surface area contributed by atoms with Gasteiger partial charge in [-0.1, -0.05) is 12.2 Å². The van der Waals surface area contributed by atoms with Gasteiger partial charge in [-0.3, -0.25) is 0 Å². The van der Waals surface area contributed by atoms with Gasteiger partial charge in [0.25, 0.3) is 0 Å². The Morgan fingerprint density at radius 2 is 2.00 bits per heavy atom. The third kappa shape index (κ3) is 10.4. The fourth-order valence-electron chi connectivity index (χ4n) is 0.489. The van der Waals surface area contributed by atoms with Gasteiger partial charge in [-0.2, -0.15) is 0 Å². The standard InChI is InChI=1S/C5H9F3S2Si/c1-5(9)10-3-2-4-11(6,7)8/h2-4H2,1H3. The van der Waals surface area contributed by atoms with Crippen molar-refractivity contribution in [3.8, 4) is 0 Å². The average Bonchev–Trinajstić information content (AvgIpc) is 1.78. The lowest BCUT2D eigenvalue weighted by atomic mass is 10.6. The van der Waals surface area contributed by atoms with Crippen LogP contribution in [0.25, 0.3) is 0 Å². The van der Waals surface area contributed by atoms with Crippen LogP contribution in [0.4, 0.5) is 12.3 Å². The van der Waals surface area contributed by atoms with Crippen LogP contribution in [0.3, 0.4) is 0 Å². The van der Waals surface area contributed by atoms with Crippen LogP contribution in [0, 0.1) is 0 Å². The molecule has 0 amide bonds. The molecule has 0 saturated carbocycles. The normalized spacial score (nSPS) is 11.6. The van der Waals surface area contributed by atoms with E-state index in [4.69, 9.17) is 12.2 Å². The van der Waals surface area contributed by atoms with Gasteiger partial charge in [-0.25, -0.2) is 12.3 Å². The van der Waals surface area contributed by atoms with Crippen LogP contribution in [-0.4, -0.2) is 19.0 Å². The third-order valence-electron chi connectivity index (χ3n) is 0.910. The largest absolute Gasteiger partial charge is 0.616 e. The molecule has 0 aromatic carbocycles. The highest BCUT2D eigenvalue weighted by molar-refractivity contribution is 8.23. The Balaban J connectivity index is 3.22. The first-order valence-electron chi connectivity index (χ1n) is 3.12. The second kappa shape index (κ2) is 5.16. The molecule has 0 rings (SSSR count). The molecule has 0 unspecified atom stereocenters. The van der Waals surface area contributed by atoms with E-state index in [1.165, 1.54) is 11.8 Å². The molecule has 0 aromatic heterocycles. The lowest BCUT2D eigenvalue weighted by Crippen LogP contribution is -2.14. The van der Waals surface area contributed by atoms with Gasteiger partial charge in [-0.15, -0.1) is 11.8 Å². The van der Waals surface area contributed by atoms with E-state index in [1.54, 1.807) is 6.92 Å². The summed E-state index contributed by atoms with van der Waals surface area (Å²) in [5.74, 6) is 0.502. The van der Waals surface area contributed by atoms with Gasteiger partial charge in [0.15, 0.2) is 0 Å². The Morgan fingerprint density at radius 1 is 1.45 bits per heavy atom. The van der Waals surface area contributed by atoms with E-state index >= 15 is 0 Å². The second-order valence-electron chi connectivity index (χ2n) is 2.06. The van der Waals surface area contributed by atoms with Gasteiger partial charge < -0.3 is 0 Å². The van der Waals surface area contributed by atoms with Crippen molar-refractivity contribution >= 4 is 37.3 Å². The molecule has 0 aliphatic carbocycles. The fourth-order valence-corrected chi connectivity index (χ4v) is 2.15. The first-order chi connectivity index (χ1) is 4.92. The zero-order valence-electron chi connectivity index (χ0n) is 6.07. The van der Waals surface area contributed by atoms with E-state index in [2.05, 4.69) is 0 Å². The minimum atomic E-state index is -5.29. The minimum absolute atomic E-state index is 0.217. The maximum absolute atomic E-state index is 11.7. The second-order valence-corrected chi connectivity index (χ2v) is 5.97. The van der Waals surface area contributed by atoms with Crippen molar-refractivity contribution in [2.45, 2.75) is 19.4 Å². The van der Waals surface area contributed by atoms with Crippen molar-refractivity contribution < 1.29 is 12.3 Å². The fraction of sp³-hybridized carbons (Fsp3) is 0.800. The molecule has 0 radical (unpaired) electrons. The highest BCUT2D eigenvalue weighted by Crippen LogP contribution is 2.18. The van der Waals surface area contributed by atoms with Crippen molar-refractivity contribution in [2.24, 2.45) is 0 Å². The van der Waals surface area contributed by atoms with E-state index in [9.17, 15) is 12.3 Å². The molecule has 0 N–H and O–H groups in total. The van der Waals surface area contributed by atoms with Crippen LogP contribution in [0.1, 0.15) is 13.3 Å². The van der Waals surface area contributed by atoms with Crippen LogP contribution in [0.2, 0.25) is 6.04 Å². The number of rotatable bonds is 4. The van der Waals surface area contributed by atoms with E-state index < -0.39 is 15.1 Å². The van der Waals surface area contributed by atoms with Crippen LogP contribution < -0.4 is 0 Å². The van der Waals surface area contributed by atoms with E-state index in [1.807, 2.05) is 0 Å². The molecule has 0 aliphatic heterocycles. The SMILES string of the molecule is CC(=S)SCCC[Si](F)(F)F. The summed E-state index contributed by atoms with van der Waals surface area (Å²) in [6, 6.07) is -0.567. The monoisotopic (exact) mass is 218 g/mol. The highest BCUT2D eigenvalue weighted by Gasteiger charge is 2.35. The molecular weight excluding hydrogens is 209 g/mol. The molecule has 0 heterocycles. The maximum Gasteiger partial charge on any atom is 0.616 e. The van der Waals surface area contributed by atoms with E-state index in [0.717, 1.165) is 0 Å².